The van der Waals surface area contributed by atoms with Crippen molar-refractivity contribution in [3.8, 4) is 0 Å². The monoisotopic (exact) mass is 353 g/mol. The Balaban J connectivity index is 2.08. The van der Waals surface area contributed by atoms with Gasteiger partial charge in [-0.05, 0) is 19.1 Å². The van der Waals surface area contributed by atoms with Crippen LogP contribution in [0.1, 0.15) is 17.3 Å². The van der Waals surface area contributed by atoms with Gasteiger partial charge in [-0.15, -0.1) is 11.3 Å². The smallest absolute Gasteiger partial charge is 0.339 e. The standard InChI is InChI=1S/C15H10F3N3O2S/c1-2-23-15(22)7-5-24-14-10(7)13(19-6-20-14)21-9-4-3-8(16)11(17)12(9)18/h3-6H,2H2,1H3,(H,19,20,21). The number of ether oxygens (including phenoxy) is 1. The Morgan fingerprint density at radius 1 is 1.25 bits per heavy atom. The van der Waals surface area contributed by atoms with Gasteiger partial charge in [0.05, 0.1) is 23.2 Å². The fourth-order valence-electron chi connectivity index (χ4n) is 2.08. The van der Waals surface area contributed by atoms with Crippen LogP contribution in [0.5, 0.6) is 0 Å². The number of nitrogens with one attached hydrogen (secondary N) is 1. The van der Waals surface area contributed by atoms with Gasteiger partial charge in [0.15, 0.2) is 17.5 Å². The third kappa shape index (κ3) is 2.78. The number of carbonyl (C=O) groups excluding carboxylic acids is 1. The van der Waals surface area contributed by atoms with Crippen LogP contribution in [0.2, 0.25) is 0 Å². The Bertz CT molecular complexity index is 930. The Kier molecular flexibility index (Phi) is 4.34. The molecule has 0 aliphatic carbocycles. The van der Waals surface area contributed by atoms with E-state index in [1.54, 1.807) is 12.3 Å². The van der Waals surface area contributed by atoms with E-state index in [0.717, 1.165) is 12.1 Å². The van der Waals surface area contributed by atoms with Gasteiger partial charge in [-0.2, -0.15) is 0 Å². The summed E-state index contributed by atoms with van der Waals surface area (Å²) in [6.07, 6.45) is 1.22. The fourth-order valence-corrected chi connectivity index (χ4v) is 2.96. The van der Waals surface area contributed by atoms with Gasteiger partial charge in [0.25, 0.3) is 0 Å². The number of anilines is 2. The van der Waals surface area contributed by atoms with E-state index in [1.807, 2.05) is 0 Å². The first-order valence-corrected chi connectivity index (χ1v) is 7.70. The van der Waals surface area contributed by atoms with E-state index in [4.69, 9.17) is 4.74 Å². The molecule has 24 heavy (non-hydrogen) atoms. The number of carbonyl (C=O) groups is 1. The Labute approximate surface area is 138 Å². The number of hydrogen-bond donors (Lipinski definition) is 1. The predicted octanol–water partition coefficient (Wildman–Crippen LogP) is 4.03. The molecule has 9 heteroatoms. The van der Waals surface area contributed by atoms with Crippen molar-refractivity contribution in [2.45, 2.75) is 6.92 Å². The highest BCUT2D eigenvalue weighted by Gasteiger charge is 2.20. The number of hydrogen-bond acceptors (Lipinski definition) is 6. The number of rotatable bonds is 4. The second-order valence-corrected chi connectivity index (χ2v) is 5.48. The van der Waals surface area contributed by atoms with Crippen molar-refractivity contribution >= 4 is 39.0 Å². The van der Waals surface area contributed by atoms with Gasteiger partial charge >= 0.3 is 5.97 Å². The zero-order valence-electron chi connectivity index (χ0n) is 12.3. The lowest BCUT2D eigenvalue weighted by Gasteiger charge is -2.09. The van der Waals surface area contributed by atoms with Gasteiger partial charge in [-0.3, -0.25) is 0 Å². The summed E-state index contributed by atoms with van der Waals surface area (Å²) in [6, 6.07) is 1.83. The van der Waals surface area contributed by atoms with Gasteiger partial charge in [-0.1, -0.05) is 0 Å². The summed E-state index contributed by atoms with van der Waals surface area (Å²) in [7, 11) is 0. The zero-order chi connectivity index (χ0) is 17.3. The maximum atomic E-state index is 13.8. The normalized spacial score (nSPS) is 10.8. The highest BCUT2D eigenvalue weighted by Crippen LogP contribution is 2.32. The minimum Gasteiger partial charge on any atom is -0.462 e. The van der Waals surface area contributed by atoms with Crippen LogP contribution in [0.3, 0.4) is 0 Å². The molecule has 3 rings (SSSR count). The molecule has 2 heterocycles. The maximum absolute atomic E-state index is 13.8. The van der Waals surface area contributed by atoms with Gasteiger partial charge in [0.2, 0.25) is 0 Å². The van der Waals surface area contributed by atoms with E-state index in [9.17, 15) is 18.0 Å². The van der Waals surface area contributed by atoms with E-state index < -0.39 is 23.4 Å². The average molecular weight is 353 g/mol. The van der Waals surface area contributed by atoms with Crippen molar-refractivity contribution in [1.82, 2.24) is 9.97 Å². The minimum absolute atomic E-state index is 0.0919. The zero-order valence-corrected chi connectivity index (χ0v) is 13.1. The van der Waals surface area contributed by atoms with E-state index in [-0.39, 0.29) is 23.7 Å². The van der Waals surface area contributed by atoms with Crippen molar-refractivity contribution in [2.24, 2.45) is 0 Å². The van der Waals surface area contributed by atoms with Crippen LogP contribution in [0.15, 0.2) is 23.8 Å². The molecule has 0 unspecified atom stereocenters. The van der Waals surface area contributed by atoms with E-state index >= 15 is 0 Å². The number of fused-ring (bicyclic) bond motifs is 1. The molecule has 0 bridgehead atoms. The summed E-state index contributed by atoms with van der Waals surface area (Å²) in [5, 5.41) is 4.44. The first kappa shape index (κ1) is 16.2. The topological polar surface area (TPSA) is 64.1 Å². The van der Waals surface area contributed by atoms with Crippen molar-refractivity contribution in [3.05, 3.63) is 46.9 Å². The van der Waals surface area contributed by atoms with E-state index in [2.05, 4.69) is 15.3 Å². The Hall–Kier alpha value is -2.68. The molecule has 5 nitrogen and oxygen atoms in total. The first-order valence-electron chi connectivity index (χ1n) is 6.82. The predicted molar refractivity (Wildman–Crippen MR) is 83.0 cm³/mol. The maximum Gasteiger partial charge on any atom is 0.339 e. The highest BCUT2D eigenvalue weighted by molar-refractivity contribution is 7.17. The molecule has 1 N–H and O–H groups in total. The molecule has 0 aliphatic rings. The third-order valence-corrected chi connectivity index (χ3v) is 4.04. The fraction of sp³-hybridized carbons (Fsp3) is 0.133. The molecule has 0 amide bonds. The SMILES string of the molecule is CCOC(=O)c1csc2ncnc(Nc3ccc(F)c(F)c3F)c12. The number of benzene rings is 1. The molecule has 0 radical (unpaired) electrons. The van der Waals surface area contributed by atoms with Crippen LogP contribution in [0.4, 0.5) is 24.7 Å². The average Bonchev–Trinajstić information content (AvgIpc) is 3.01. The molecule has 3 aromatic rings. The van der Waals surface area contributed by atoms with Crippen LogP contribution in [0.25, 0.3) is 10.2 Å². The molecule has 0 saturated heterocycles. The molecular formula is C15H10F3N3O2S. The Morgan fingerprint density at radius 2 is 2.04 bits per heavy atom. The molecule has 0 fully saturated rings. The summed E-state index contributed by atoms with van der Waals surface area (Å²) in [4.78, 5) is 20.5. The summed E-state index contributed by atoms with van der Waals surface area (Å²) in [6.45, 7) is 1.85. The molecule has 1 aromatic carbocycles. The van der Waals surface area contributed by atoms with Gasteiger partial charge in [0.1, 0.15) is 17.0 Å². The molecule has 124 valence electrons. The van der Waals surface area contributed by atoms with Crippen LogP contribution < -0.4 is 5.32 Å². The summed E-state index contributed by atoms with van der Waals surface area (Å²) in [5.41, 5.74) is -0.0992. The lowest BCUT2D eigenvalue weighted by molar-refractivity contribution is 0.0529. The minimum atomic E-state index is -1.60. The number of nitrogens with zero attached hydrogens (tertiary/aromatic N) is 2. The second-order valence-electron chi connectivity index (χ2n) is 4.62. The van der Waals surface area contributed by atoms with E-state index in [0.29, 0.717) is 10.2 Å². The number of aromatic nitrogens is 2. The number of esters is 1. The number of thiophene rings is 1. The largest absolute Gasteiger partial charge is 0.462 e. The molecular weight excluding hydrogens is 343 g/mol. The third-order valence-electron chi connectivity index (χ3n) is 3.15. The summed E-state index contributed by atoms with van der Waals surface area (Å²) < 4.78 is 45.2. The van der Waals surface area contributed by atoms with Crippen molar-refractivity contribution in [3.63, 3.8) is 0 Å². The molecule has 2 aromatic heterocycles. The quantitative estimate of drug-likeness (QED) is 0.567. The van der Waals surface area contributed by atoms with Crippen molar-refractivity contribution in [2.75, 3.05) is 11.9 Å². The van der Waals surface area contributed by atoms with Crippen LogP contribution in [-0.2, 0) is 4.74 Å². The van der Waals surface area contributed by atoms with Crippen LogP contribution in [0, 0.1) is 17.5 Å². The lowest BCUT2D eigenvalue weighted by atomic mass is 10.2. The molecule has 0 atom stereocenters. The molecule has 0 spiro atoms. The van der Waals surface area contributed by atoms with Gasteiger partial charge in [-0.25, -0.2) is 27.9 Å². The van der Waals surface area contributed by atoms with Crippen molar-refractivity contribution < 1.29 is 22.7 Å². The van der Waals surface area contributed by atoms with Crippen LogP contribution >= 0.6 is 11.3 Å². The van der Waals surface area contributed by atoms with Crippen LogP contribution in [-0.4, -0.2) is 22.5 Å². The second kappa shape index (κ2) is 6.44. The van der Waals surface area contributed by atoms with Gasteiger partial charge < -0.3 is 10.1 Å². The molecule has 0 saturated carbocycles. The van der Waals surface area contributed by atoms with Crippen molar-refractivity contribution in [1.29, 1.82) is 0 Å². The van der Waals surface area contributed by atoms with E-state index in [1.165, 1.54) is 17.7 Å². The highest BCUT2D eigenvalue weighted by atomic mass is 32.1. The van der Waals surface area contributed by atoms with Gasteiger partial charge in [0, 0.05) is 5.38 Å². The summed E-state index contributed by atoms with van der Waals surface area (Å²) >= 11 is 1.18. The number of halogens is 3. The lowest BCUT2D eigenvalue weighted by Crippen LogP contribution is -2.06. The summed E-state index contributed by atoms with van der Waals surface area (Å²) in [5.74, 6) is -4.76. The molecule has 0 aliphatic heterocycles. The first-order chi connectivity index (χ1) is 11.5. The Morgan fingerprint density at radius 3 is 2.79 bits per heavy atom.